The third-order valence-electron chi connectivity index (χ3n) is 4.94. The van der Waals surface area contributed by atoms with Gasteiger partial charge in [-0.1, -0.05) is 24.3 Å². The average molecular weight is 343 g/mol. The van der Waals surface area contributed by atoms with Crippen molar-refractivity contribution in [2.75, 3.05) is 13.7 Å². The lowest BCUT2D eigenvalue weighted by atomic mass is 10.1. The third-order valence-corrected chi connectivity index (χ3v) is 4.94. The van der Waals surface area contributed by atoms with Crippen LogP contribution in [0.2, 0.25) is 0 Å². The van der Waals surface area contributed by atoms with Crippen LogP contribution in [0.1, 0.15) is 10.4 Å². The number of ether oxygens (including phenoxy) is 1. The number of carbonyl (C=O) groups is 1. The minimum Gasteiger partial charge on any atom is -0.497 e. The van der Waals surface area contributed by atoms with Gasteiger partial charge in [-0.05, 0) is 41.1 Å². The molecule has 0 aliphatic carbocycles. The normalized spacial score (nSPS) is 13.7. The molecular weight excluding hydrogens is 326 g/mol. The summed E-state index contributed by atoms with van der Waals surface area (Å²) in [6, 6.07) is 18.0. The van der Waals surface area contributed by atoms with Crippen LogP contribution in [0.5, 0.6) is 5.75 Å². The quantitative estimate of drug-likeness (QED) is 0.605. The Labute approximate surface area is 150 Å². The molecule has 3 aromatic carbocycles. The summed E-state index contributed by atoms with van der Waals surface area (Å²) >= 11 is 0. The highest BCUT2D eigenvalue weighted by molar-refractivity contribution is 6.06. The Kier molecular flexibility index (Phi) is 3.22. The van der Waals surface area contributed by atoms with E-state index in [4.69, 9.17) is 9.72 Å². The first-order valence-corrected chi connectivity index (χ1v) is 8.60. The molecule has 1 aliphatic rings. The zero-order chi connectivity index (χ0) is 17.7. The van der Waals surface area contributed by atoms with Crippen LogP contribution in [0.4, 0.5) is 0 Å². The van der Waals surface area contributed by atoms with Crippen LogP contribution in [0.3, 0.4) is 0 Å². The first-order chi connectivity index (χ1) is 12.7. The molecule has 0 fully saturated rings. The Morgan fingerprint density at radius 2 is 1.92 bits per heavy atom. The number of aromatic nitrogens is 2. The molecule has 0 saturated carbocycles. The molecule has 0 saturated heterocycles. The van der Waals surface area contributed by atoms with Gasteiger partial charge in [-0.25, -0.2) is 4.98 Å². The van der Waals surface area contributed by atoms with E-state index >= 15 is 0 Å². The smallest absolute Gasteiger partial charge is 0.253 e. The molecule has 0 atom stereocenters. The first kappa shape index (κ1) is 15.0. The molecule has 1 N–H and O–H groups in total. The van der Waals surface area contributed by atoms with Crippen LogP contribution in [-0.4, -0.2) is 29.1 Å². The van der Waals surface area contributed by atoms with Crippen LogP contribution in [0.25, 0.3) is 33.2 Å². The van der Waals surface area contributed by atoms with Crippen molar-refractivity contribution in [2.45, 2.75) is 6.54 Å². The van der Waals surface area contributed by atoms with Gasteiger partial charge in [-0.3, -0.25) is 4.79 Å². The second-order valence-electron chi connectivity index (χ2n) is 6.44. The number of nitrogens with zero attached hydrogens (tertiary/aromatic N) is 2. The van der Waals surface area contributed by atoms with Gasteiger partial charge in [0.1, 0.15) is 11.6 Å². The zero-order valence-electron chi connectivity index (χ0n) is 14.3. The largest absolute Gasteiger partial charge is 0.497 e. The van der Waals surface area contributed by atoms with Crippen molar-refractivity contribution in [1.29, 1.82) is 0 Å². The van der Waals surface area contributed by atoms with Gasteiger partial charge in [-0.2, -0.15) is 0 Å². The Morgan fingerprint density at radius 3 is 2.81 bits per heavy atom. The van der Waals surface area contributed by atoms with Crippen molar-refractivity contribution in [3.05, 3.63) is 60.2 Å². The van der Waals surface area contributed by atoms with E-state index in [2.05, 4.69) is 34.1 Å². The van der Waals surface area contributed by atoms with E-state index < -0.39 is 0 Å². The van der Waals surface area contributed by atoms with Crippen LogP contribution in [-0.2, 0) is 6.54 Å². The third kappa shape index (κ3) is 2.17. The van der Waals surface area contributed by atoms with Crippen LogP contribution < -0.4 is 10.1 Å². The number of benzene rings is 3. The molecule has 0 radical (unpaired) electrons. The number of methoxy groups -OCH3 is 1. The van der Waals surface area contributed by atoms with Gasteiger partial charge in [0.2, 0.25) is 0 Å². The van der Waals surface area contributed by atoms with Gasteiger partial charge in [-0.15, -0.1) is 0 Å². The molecule has 0 unspecified atom stereocenters. The lowest BCUT2D eigenvalue weighted by Gasteiger charge is -2.09. The number of nitrogens with one attached hydrogen (secondary N) is 1. The lowest BCUT2D eigenvalue weighted by Crippen LogP contribution is -2.24. The minimum atomic E-state index is -0.0357. The minimum absolute atomic E-state index is 0.0357. The summed E-state index contributed by atoms with van der Waals surface area (Å²) in [5.41, 5.74) is 3.49. The fourth-order valence-corrected chi connectivity index (χ4v) is 3.67. The summed E-state index contributed by atoms with van der Waals surface area (Å²) in [4.78, 5) is 17.1. The number of hydrogen-bond acceptors (Lipinski definition) is 3. The van der Waals surface area contributed by atoms with Gasteiger partial charge in [0.25, 0.3) is 5.91 Å². The van der Waals surface area contributed by atoms with Crippen molar-refractivity contribution in [2.24, 2.45) is 0 Å². The van der Waals surface area contributed by atoms with Gasteiger partial charge in [0.15, 0.2) is 0 Å². The van der Waals surface area contributed by atoms with E-state index in [1.54, 1.807) is 7.11 Å². The van der Waals surface area contributed by atoms with Gasteiger partial charge < -0.3 is 14.6 Å². The predicted octanol–water partition coefficient (Wildman–Crippen LogP) is 3.61. The van der Waals surface area contributed by atoms with Gasteiger partial charge in [0.05, 0.1) is 23.7 Å². The highest BCUT2D eigenvalue weighted by Gasteiger charge is 2.21. The Morgan fingerprint density at radius 1 is 1.08 bits per heavy atom. The lowest BCUT2D eigenvalue weighted by molar-refractivity contribution is 0.0956. The van der Waals surface area contributed by atoms with E-state index in [0.29, 0.717) is 18.7 Å². The Balaban J connectivity index is 1.74. The van der Waals surface area contributed by atoms with Crippen molar-refractivity contribution in [1.82, 2.24) is 14.9 Å². The van der Waals surface area contributed by atoms with E-state index in [-0.39, 0.29) is 5.91 Å². The molecule has 1 aromatic heterocycles. The number of fused-ring (bicyclic) bond motifs is 1. The van der Waals surface area contributed by atoms with Gasteiger partial charge >= 0.3 is 0 Å². The number of carbonyl (C=O) groups excluding carboxylic acids is 1. The fourth-order valence-electron chi connectivity index (χ4n) is 3.67. The van der Waals surface area contributed by atoms with E-state index in [0.717, 1.165) is 38.9 Å². The topological polar surface area (TPSA) is 56.1 Å². The molecular formula is C21H17N3O2. The standard InChI is InChI=1S/C21H17N3O2/c1-26-16-8-7-13-11-15(6-5-14(13)12-16)20-23-18-4-2-3-17-19(18)24(20)10-9-22-21(17)25/h2-8,11-12H,9-10H2,1H3,(H,22,25). The molecule has 1 amide bonds. The number of hydrogen-bond donors (Lipinski definition) is 1. The van der Waals surface area contributed by atoms with Crippen molar-refractivity contribution in [3.8, 4) is 17.1 Å². The molecule has 5 nitrogen and oxygen atoms in total. The van der Waals surface area contributed by atoms with E-state index in [1.165, 1.54) is 0 Å². The molecule has 4 aromatic rings. The molecule has 5 heteroatoms. The summed E-state index contributed by atoms with van der Waals surface area (Å²) in [5.74, 6) is 1.70. The number of rotatable bonds is 2. The maximum Gasteiger partial charge on any atom is 0.253 e. The van der Waals surface area contributed by atoms with Gasteiger partial charge in [0, 0.05) is 18.7 Å². The van der Waals surface area contributed by atoms with Crippen LogP contribution >= 0.6 is 0 Å². The zero-order valence-corrected chi connectivity index (χ0v) is 14.3. The summed E-state index contributed by atoms with van der Waals surface area (Å²) in [7, 11) is 1.67. The Bertz CT molecular complexity index is 1180. The fraction of sp³-hybridized carbons (Fsp3) is 0.143. The summed E-state index contributed by atoms with van der Waals surface area (Å²) in [6.45, 7) is 1.30. The monoisotopic (exact) mass is 343 g/mol. The van der Waals surface area contributed by atoms with Crippen molar-refractivity contribution < 1.29 is 9.53 Å². The van der Waals surface area contributed by atoms with E-state index in [9.17, 15) is 4.79 Å². The maximum atomic E-state index is 12.3. The summed E-state index contributed by atoms with van der Waals surface area (Å²) in [5, 5.41) is 5.21. The summed E-state index contributed by atoms with van der Waals surface area (Å²) < 4.78 is 7.45. The predicted molar refractivity (Wildman–Crippen MR) is 102 cm³/mol. The number of para-hydroxylation sites is 1. The maximum absolute atomic E-state index is 12.3. The van der Waals surface area contributed by atoms with Crippen LogP contribution in [0.15, 0.2) is 54.6 Å². The molecule has 1 aliphatic heterocycles. The second-order valence-corrected chi connectivity index (χ2v) is 6.44. The molecule has 5 rings (SSSR count). The van der Waals surface area contributed by atoms with Crippen molar-refractivity contribution >= 4 is 27.7 Å². The molecule has 26 heavy (non-hydrogen) atoms. The van der Waals surface area contributed by atoms with Crippen LogP contribution in [0, 0.1) is 0 Å². The molecule has 0 spiro atoms. The number of amides is 1. The Hall–Kier alpha value is -3.34. The average Bonchev–Trinajstić information content (AvgIpc) is 2.96. The molecule has 2 heterocycles. The molecule has 128 valence electrons. The first-order valence-electron chi connectivity index (χ1n) is 8.60. The number of imidazole rings is 1. The summed E-state index contributed by atoms with van der Waals surface area (Å²) in [6.07, 6.45) is 0. The van der Waals surface area contributed by atoms with Crippen molar-refractivity contribution in [3.63, 3.8) is 0 Å². The van der Waals surface area contributed by atoms with E-state index in [1.807, 2.05) is 30.3 Å². The SMILES string of the molecule is COc1ccc2cc(-c3nc4cccc5c4n3CCNC5=O)ccc2c1. The highest BCUT2D eigenvalue weighted by Crippen LogP contribution is 2.31. The highest BCUT2D eigenvalue weighted by atomic mass is 16.5. The second kappa shape index (κ2) is 5.59. The molecule has 0 bridgehead atoms.